The van der Waals surface area contributed by atoms with Gasteiger partial charge in [-0.15, -0.1) is 0 Å². The lowest BCUT2D eigenvalue weighted by molar-refractivity contribution is 0.263. The smallest absolute Gasteiger partial charge is 0.244 e. The fourth-order valence-corrected chi connectivity index (χ4v) is 5.61. The average molecular weight is 426 g/mol. The summed E-state index contributed by atoms with van der Waals surface area (Å²) >= 11 is 6.67. The van der Waals surface area contributed by atoms with E-state index < -0.39 is 10.0 Å². The van der Waals surface area contributed by atoms with Gasteiger partial charge < -0.3 is 4.90 Å². The predicted molar refractivity (Wildman–Crippen MR) is 87.2 cm³/mol. The van der Waals surface area contributed by atoms with Gasteiger partial charge in [0.05, 0.1) is 4.90 Å². The second-order valence-electron chi connectivity index (χ2n) is 5.41. The molecule has 1 fully saturated rings. The van der Waals surface area contributed by atoms with Crippen molar-refractivity contribution in [2.45, 2.75) is 17.9 Å². The second-order valence-corrected chi connectivity index (χ2v) is 9.08. The second kappa shape index (κ2) is 6.04. The molecule has 2 unspecified atom stereocenters. The number of likely N-dealkylation sites (N-methyl/N-ethyl adjacent to an activating group) is 1. The van der Waals surface area contributed by atoms with E-state index in [2.05, 4.69) is 43.7 Å². The van der Waals surface area contributed by atoms with E-state index in [0.29, 0.717) is 28.4 Å². The Labute approximate surface area is 137 Å². The first kappa shape index (κ1) is 16.4. The van der Waals surface area contributed by atoms with Gasteiger partial charge in [0.15, 0.2) is 0 Å². The fraction of sp³-hybridized carbons (Fsp3) is 0.538. The van der Waals surface area contributed by atoms with Crippen molar-refractivity contribution in [3.05, 3.63) is 27.1 Å². The van der Waals surface area contributed by atoms with Crippen molar-refractivity contribution in [3.63, 3.8) is 0 Å². The van der Waals surface area contributed by atoms with Crippen LogP contribution < -0.4 is 0 Å². The highest BCUT2D eigenvalue weighted by Crippen LogP contribution is 2.31. The van der Waals surface area contributed by atoms with Crippen LogP contribution in [0.15, 0.2) is 32.0 Å². The monoisotopic (exact) mass is 424 g/mol. The first-order valence-corrected chi connectivity index (χ1v) is 9.37. The van der Waals surface area contributed by atoms with Crippen LogP contribution in [0, 0.1) is 5.92 Å². The highest BCUT2D eigenvalue weighted by atomic mass is 79.9. The van der Waals surface area contributed by atoms with E-state index in [0.717, 1.165) is 4.47 Å². The quantitative estimate of drug-likeness (QED) is 0.747. The number of hydrogen-bond donors (Lipinski definition) is 0. The summed E-state index contributed by atoms with van der Waals surface area (Å²) in [5.41, 5.74) is 0. The van der Waals surface area contributed by atoms with Crippen LogP contribution in [0.1, 0.15) is 6.92 Å². The molecule has 0 aliphatic carbocycles. The zero-order valence-corrected chi connectivity index (χ0v) is 15.7. The van der Waals surface area contributed by atoms with E-state index in [-0.39, 0.29) is 6.04 Å². The van der Waals surface area contributed by atoms with Gasteiger partial charge in [-0.05, 0) is 54.1 Å². The summed E-state index contributed by atoms with van der Waals surface area (Å²) in [6, 6.07) is 5.47. The molecule has 1 heterocycles. The van der Waals surface area contributed by atoms with Crippen molar-refractivity contribution >= 4 is 41.9 Å². The summed E-state index contributed by atoms with van der Waals surface area (Å²) in [4.78, 5) is 2.41. The molecule has 20 heavy (non-hydrogen) atoms. The molecule has 1 aliphatic heterocycles. The topological polar surface area (TPSA) is 40.6 Å². The lowest BCUT2D eigenvalue weighted by atomic mass is 10.1. The maximum atomic E-state index is 12.8. The van der Waals surface area contributed by atoms with E-state index in [1.54, 1.807) is 16.4 Å². The standard InChI is InChI=1S/C13H18Br2N2O2S/c1-9-7-17(8-12(9)16(2)3)20(18,19)13-6-10(14)4-5-11(13)15/h4-6,9,12H,7-8H2,1-3H3. The fourth-order valence-electron chi connectivity index (χ4n) is 2.59. The Morgan fingerprint density at radius 1 is 1.25 bits per heavy atom. The molecule has 1 aromatic rings. The third kappa shape index (κ3) is 3.11. The molecule has 7 heteroatoms. The van der Waals surface area contributed by atoms with Crippen molar-refractivity contribution in [2.75, 3.05) is 27.2 Å². The molecule has 0 spiro atoms. The van der Waals surface area contributed by atoms with Gasteiger partial charge in [0.25, 0.3) is 0 Å². The highest BCUT2D eigenvalue weighted by Gasteiger charge is 2.38. The number of rotatable bonds is 3. The molecule has 0 radical (unpaired) electrons. The Bertz CT molecular complexity index is 604. The van der Waals surface area contributed by atoms with Gasteiger partial charge in [0.2, 0.25) is 10.0 Å². The van der Waals surface area contributed by atoms with E-state index in [1.807, 2.05) is 20.2 Å². The minimum absolute atomic E-state index is 0.260. The van der Waals surface area contributed by atoms with Crippen molar-refractivity contribution < 1.29 is 8.42 Å². The largest absolute Gasteiger partial charge is 0.305 e. The minimum atomic E-state index is -3.46. The molecule has 0 bridgehead atoms. The van der Waals surface area contributed by atoms with Gasteiger partial charge >= 0.3 is 0 Å². The zero-order valence-electron chi connectivity index (χ0n) is 11.7. The summed E-state index contributed by atoms with van der Waals surface area (Å²) in [6.45, 7) is 3.19. The SMILES string of the molecule is CC1CN(S(=O)(=O)c2cc(Br)ccc2Br)CC1N(C)C. The van der Waals surface area contributed by atoms with Gasteiger partial charge in [-0.25, -0.2) is 8.42 Å². The Hall–Kier alpha value is 0.0500. The Morgan fingerprint density at radius 3 is 2.45 bits per heavy atom. The normalized spacial score (nSPS) is 24.5. The zero-order chi connectivity index (χ0) is 15.1. The third-order valence-electron chi connectivity index (χ3n) is 3.71. The lowest BCUT2D eigenvalue weighted by Crippen LogP contribution is -2.35. The third-order valence-corrected chi connectivity index (χ3v) is 7.03. The van der Waals surface area contributed by atoms with Crippen LogP contribution in [0.4, 0.5) is 0 Å². The van der Waals surface area contributed by atoms with E-state index in [9.17, 15) is 8.42 Å². The maximum Gasteiger partial charge on any atom is 0.244 e. The van der Waals surface area contributed by atoms with Crippen molar-refractivity contribution in [1.82, 2.24) is 9.21 Å². The lowest BCUT2D eigenvalue weighted by Gasteiger charge is -2.22. The molecule has 0 aromatic heterocycles. The van der Waals surface area contributed by atoms with E-state index >= 15 is 0 Å². The molecule has 0 amide bonds. The van der Waals surface area contributed by atoms with E-state index in [1.165, 1.54) is 0 Å². The van der Waals surface area contributed by atoms with Gasteiger partial charge in [0.1, 0.15) is 0 Å². The molecule has 2 atom stereocenters. The van der Waals surface area contributed by atoms with Crippen LogP contribution in [0.5, 0.6) is 0 Å². The van der Waals surface area contributed by atoms with Gasteiger partial charge in [-0.2, -0.15) is 4.31 Å². The predicted octanol–water partition coefficient (Wildman–Crippen LogP) is 2.78. The van der Waals surface area contributed by atoms with Crippen LogP contribution in [0.3, 0.4) is 0 Å². The molecule has 0 saturated carbocycles. The summed E-state index contributed by atoms with van der Waals surface area (Å²) < 4.78 is 28.5. The molecule has 1 aromatic carbocycles. The molecular weight excluding hydrogens is 408 g/mol. The minimum Gasteiger partial charge on any atom is -0.305 e. The van der Waals surface area contributed by atoms with Gasteiger partial charge in [-0.1, -0.05) is 22.9 Å². The molecular formula is C13H18Br2N2O2S. The van der Waals surface area contributed by atoms with Crippen LogP contribution in [0.2, 0.25) is 0 Å². The Morgan fingerprint density at radius 2 is 1.90 bits per heavy atom. The molecule has 1 saturated heterocycles. The van der Waals surface area contributed by atoms with Crippen LogP contribution >= 0.6 is 31.9 Å². The van der Waals surface area contributed by atoms with E-state index in [4.69, 9.17) is 0 Å². The summed E-state index contributed by atoms with van der Waals surface area (Å²) in [6.07, 6.45) is 0. The number of hydrogen-bond acceptors (Lipinski definition) is 3. The number of sulfonamides is 1. The molecule has 0 N–H and O–H groups in total. The van der Waals surface area contributed by atoms with Gasteiger partial charge in [-0.3, -0.25) is 0 Å². The maximum absolute atomic E-state index is 12.8. The van der Waals surface area contributed by atoms with Gasteiger partial charge in [0, 0.05) is 28.1 Å². The Kier molecular flexibility index (Phi) is 4.96. The number of halogens is 2. The van der Waals surface area contributed by atoms with Crippen LogP contribution in [0.25, 0.3) is 0 Å². The molecule has 4 nitrogen and oxygen atoms in total. The number of benzene rings is 1. The first-order valence-electron chi connectivity index (χ1n) is 6.35. The highest BCUT2D eigenvalue weighted by molar-refractivity contribution is 9.11. The molecule has 1 aliphatic rings. The molecule has 2 rings (SSSR count). The van der Waals surface area contributed by atoms with Crippen molar-refractivity contribution in [1.29, 1.82) is 0 Å². The van der Waals surface area contributed by atoms with Crippen molar-refractivity contribution in [3.8, 4) is 0 Å². The van der Waals surface area contributed by atoms with Crippen molar-refractivity contribution in [2.24, 2.45) is 5.92 Å². The number of nitrogens with zero attached hydrogens (tertiary/aromatic N) is 2. The summed E-state index contributed by atoms with van der Waals surface area (Å²) in [5.74, 6) is 0.325. The molecule has 112 valence electrons. The summed E-state index contributed by atoms with van der Waals surface area (Å²) in [7, 11) is 0.523. The average Bonchev–Trinajstić information content (AvgIpc) is 2.75. The Balaban J connectivity index is 2.35. The first-order chi connectivity index (χ1) is 9.23. The summed E-state index contributed by atoms with van der Waals surface area (Å²) in [5, 5.41) is 0. The van der Waals surface area contributed by atoms with Crippen LogP contribution in [-0.4, -0.2) is 50.8 Å². The van der Waals surface area contributed by atoms with Crippen LogP contribution in [-0.2, 0) is 10.0 Å².